The van der Waals surface area contributed by atoms with E-state index in [0.717, 1.165) is 0 Å². The van der Waals surface area contributed by atoms with E-state index in [-0.39, 0.29) is 10.8 Å². The van der Waals surface area contributed by atoms with Crippen molar-refractivity contribution in [2.45, 2.75) is 6.92 Å². The third-order valence-electron chi connectivity index (χ3n) is 2.64. The van der Waals surface area contributed by atoms with E-state index in [0.29, 0.717) is 22.6 Å². The highest BCUT2D eigenvalue weighted by Gasteiger charge is 2.06. The van der Waals surface area contributed by atoms with Crippen LogP contribution < -0.4 is 11.1 Å². The van der Waals surface area contributed by atoms with Gasteiger partial charge in [-0.3, -0.25) is 4.79 Å². The lowest BCUT2D eigenvalue weighted by atomic mass is 10.1. The molecule has 0 radical (unpaired) electrons. The van der Waals surface area contributed by atoms with Gasteiger partial charge in [-0.1, -0.05) is 11.6 Å². The summed E-state index contributed by atoms with van der Waals surface area (Å²) in [6.07, 6.45) is 0. The molecule has 0 aliphatic carbocycles. The van der Waals surface area contributed by atoms with Gasteiger partial charge in [0.1, 0.15) is 5.82 Å². The lowest BCUT2D eigenvalue weighted by Gasteiger charge is -2.09. The molecule has 2 rings (SSSR count). The topological polar surface area (TPSA) is 55.1 Å². The Morgan fingerprint density at radius 2 is 1.84 bits per heavy atom. The molecule has 2 aromatic carbocycles. The third kappa shape index (κ3) is 3.03. The smallest absolute Gasteiger partial charge is 0.161 e. The van der Waals surface area contributed by atoms with Gasteiger partial charge in [0.15, 0.2) is 5.78 Å². The van der Waals surface area contributed by atoms with Gasteiger partial charge in [-0.2, -0.15) is 0 Å². The van der Waals surface area contributed by atoms with Crippen molar-refractivity contribution in [1.29, 1.82) is 0 Å². The number of halogens is 2. The molecule has 3 N–H and O–H groups in total. The minimum Gasteiger partial charge on any atom is -0.398 e. The van der Waals surface area contributed by atoms with Crippen molar-refractivity contribution in [3.05, 3.63) is 52.8 Å². The maximum Gasteiger partial charge on any atom is 0.161 e. The number of nitrogens with two attached hydrogens (primary N) is 1. The zero-order valence-electron chi connectivity index (χ0n) is 10.2. The molecule has 0 spiro atoms. The van der Waals surface area contributed by atoms with E-state index in [1.54, 1.807) is 24.3 Å². The van der Waals surface area contributed by atoms with Crippen LogP contribution >= 0.6 is 11.6 Å². The molecule has 2 aromatic rings. The molecule has 0 aliphatic heterocycles. The van der Waals surface area contributed by atoms with Crippen molar-refractivity contribution in [2.24, 2.45) is 0 Å². The van der Waals surface area contributed by atoms with E-state index in [4.69, 9.17) is 17.3 Å². The van der Waals surface area contributed by atoms with Crippen molar-refractivity contribution in [3.63, 3.8) is 0 Å². The number of hydrogen-bond acceptors (Lipinski definition) is 3. The Morgan fingerprint density at radius 1 is 1.21 bits per heavy atom. The standard InChI is InChI=1S/C14H12ClFN2O/c1-8(19)11-4-2-10(7-14(11)17)18-9-3-5-13(16)12(15)6-9/h2-7,18H,17H2,1H3. The van der Waals surface area contributed by atoms with E-state index in [1.807, 2.05) is 0 Å². The first kappa shape index (κ1) is 13.4. The molecule has 0 heterocycles. The number of rotatable bonds is 3. The van der Waals surface area contributed by atoms with Crippen LogP contribution in [0, 0.1) is 5.82 Å². The van der Waals surface area contributed by atoms with Gasteiger partial charge in [-0.25, -0.2) is 4.39 Å². The molecule has 98 valence electrons. The minimum absolute atomic E-state index is 0.0401. The summed E-state index contributed by atoms with van der Waals surface area (Å²) < 4.78 is 13.0. The summed E-state index contributed by atoms with van der Waals surface area (Å²) in [5.41, 5.74) is 7.99. The molecule has 0 unspecified atom stereocenters. The fraction of sp³-hybridized carbons (Fsp3) is 0.0714. The van der Waals surface area contributed by atoms with Crippen LogP contribution in [0.3, 0.4) is 0 Å². The summed E-state index contributed by atoms with van der Waals surface area (Å²) in [5.74, 6) is -0.562. The average Bonchev–Trinajstić information content (AvgIpc) is 2.33. The molecule has 0 aliphatic rings. The van der Waals surface area contributed by atoms with Crippen LogP contribution in [0.2, 0.25) is 5.02 Å². The number of anilines is 3. The molecular formula is C14H12ClFN2O. The maximum absolute atomic E-state index is 13.0. The molecule has 0 saturated heterocycles. The molecule has 3 nitrogen and oxygen atoms in total. The number of Topliss-reactive ketones (excluding diaryl/α,β-unsaturated/α-hetero) is 1. The minimum atomic E-state index is -0.473. The number of nitrogen functional groups attached to an aromatic ring is 1. The van der Waals surface area contributed by atoms with E-state index in [9.17, 15) is 9.18 Å². The fourth-order valence-electron chi connectivity index (χ4n) is 1.70. The summed E-state index contributed by atoms with van der Waals surface area (Å²) in [7, 11) is 0. The zero-order valence-corrected chi connectivity index (χ0v) is 11.0. The third-order valence-corrected chi connectivity index (χ3v) is 2.93. The second-order valence-corrected chi connectivity index (χ2v) is 4.52. The lowest BCUT2D eigenvalue weighted by Crippen LogP contribution is -2.00. The number of ketones is 1. The molecule has 0 fully saturated rings. The van der Waals surface area contributed by atoms with Crippen molar-refractivity contribution >= 4 is 34.4 Å². The predicted octanol–water partition coefficient (Wildman–Crippen LogP) is 4.01. The summed E-state index contributed by atoms with van der Waals surface area (Å²) in [6, 6.07) is 9.34. The second-order valence-electron chi connectivity index (χ2n) is 4.11. The molecule has 5 heteroatoms. The Morgan fingerprint density at radius 3 is 2.42 bits per heavy atom. The molecule has 0 aromatic heterocycles. The van der Waals surface area contributed by atoms with Gasteiger partial charge in [-0.15, -0.1) is 0 Å². The Hall–Kier alpha value is -2.07. The highest BCUT2D eigenvalue weighted by atomic mass is 35.5. The normalized spacial score (nSPS) is 10.3. The lowest BCUT2D eigenvalue weighted by molar-refractivity contribution is 0.101. The Labute approximate surface area is 115 Å². The van der Waals surface area contributed by atoms with E-state index >= 15 is 0 Å². The summed E-state index contributed by atoms with van der Waals surface area (Å²) in [6.45, 7) is 1.46. The van der Waals surface area contributed by atoms with Crippen molar-refractivity contribution in [3.8, 4) is 0 Å². The Kier molecular flexibility index (Phi) is 3.71. The van der Waals surface area contributed by atoms with Gasteiger partial charge in [0, 0.05) is 22.6 Å². The van der Waals surface area contributed by atoms with Gasteiger partial charge < -0.3 is 11.1 Å². The van der Waals surface area contributed by atoms with Crippen LogP contribution in [0.15, 0.2) is 36.4 Å². The fourth-order valence-corrected chi connectivity index (χ4v) is 1.88. The van der Waals surface area contributed by atoms with Crippen LogP contribution in [0.25, 0.3) is 0 Å². The van der Waals surface area contributed by atoms with Crippen LogP contribution in [0.5, 0.6) is 0 Å². The maximum atomic E-state index is 13.0. The number of nitrogens with one attached hydrogen (secondary N) is 1. The first-order chi connectivity index (χ1) is 8.97. The second kappa shape index (κ2) is 5.28. The quantitative estimate of drug-likeness (QED) is 0.659. The van der Waals surface area contributed by atoms with Crippen molar-refractivity contribution < 1.29 is 9.18 Å². The largest absolute Gasteiger partial charge is 0.398 e. The van der Waals surface area contributed by atoms with Gasteiger partial charge in [0.2, 0.25) is 0 Å². The van der Waals surface area contributed by atoms with Crippen LogP contribution in [0.4, 0.5) is 21.5 Å². The van der Waals surface area contributed by atoms with Crippen LogP contribution in [0.1, 0.15) is 17.3 Å². The SMILES string of the molecule is CC(=O)c1ccc(Nc2ccc(F)c(Cl)c2)cc1N. The first-order valence-electron chi connectivity index (χ1n) is 5.60. The molecule has 0 saturated carbocycles. The molecule has 0 bridgehead atoms. The van der Waals surface area contributed by atoms with Gasteiger partial charge in [0.05, 0.1) is 5.02 Å². The van der Waals surface area contributed by atoms with Gasteiger partial charge >= 0.3 is 0 Å². The van der Waals surface area contributed by atoms with Gasteiger partial charge in [-0.05, 0) is 43.3 Å². The van der Waals surface area contributed by atoms with Crippen molar-refractivity contribution in [2.75, 3.05) is 11.1 Å². The number of benzene rings is 2. The number of carbonyl (C=O) groups excluding carboxylic acids is 1. The Balaban J connectivity index is 2.26. The number of hydrogen-bond donors (Lipinski definition) is 2. The predicted molar refractivity (Wildman–Crippen MR) is 75.6 cm³/mol. The first-order valence-corrected chi connectivity index (χ1v) is 5.97. The van der Waals surface area contributed by atoms with Crippen LogP contribution in [-0.4, -0.2) is 5.78 Å². The molecule has 0 amide bonds. The summed E-state index contributed by atoms with van der Waals surface area (Å²) >= 11 is 5.69. The van der Waals surface area contributed by atoms with Crippen LogP contribution in [-0.2, 0) is 0 Å². The Bertz CT molecular complexity index is 643. The summed E-state index contributed by atoms with van der Waals surface area (Å²) in [4.78, 5) is 11.3. The van der Waals surface area contributed by atoms with E-state index < -0.39 is 5.82 Å². The molecule has 0 atom stereocenters. The van der Waals surface area contributed by atoms with Gasteiger partial charge in [0.25, 0.3) is 0 Å². The average molecular weight is 279 g/mol. The summed E-state index contributed by atoms with van der Waals surface area (Å²) in [5, 5.41) is 3.08. The van der Waals surface area contributed by atoms with Crippen molar-refractivity contribution in [1.82, 2.24) is 0 Å². The molecular weight excluding hydrogens is 267 g/mol. The number of carbonyl (C=O) groups is 1. The highest BCUT2D eigenvalue weighted by Crippen LogP contribution is 2.25. The van der Waals surface area contributed by atoms with E-state index in [2.05, 4.69) is 5.32 Å². The van der Waals surface area contributed by atoms with E-state index in [1.165, 1.54) is 19.1 Å². The molecule has 19 heavy (non-hydrogen) atoms. The zero-order chi connectivity index (χ0) is 14.0. The highest BCUT2D eigenvalue weighted by molar-refractivity contribution is 6.31. The monoisotopic (exact) mass is 278 g/mol.